The molecule has 1 heterocycles. The maximum absolute atomic E-state index is 12.1. The summed E-state index contributed by atoms with van der Waals surface area (Å²) in [6.07, 6.45) is 0.871. The number of ether oxygens (including phenoxy) is 1. The summed E-state index contributed by atoms with van der Waals surface area (Å²) in [5.74, 6) is -0.447. The first-order valence-corrected chi connectivity index (χ1v) is 11.2. The Bertz CT molecular complexity index is 545. The lowest BCUT2D eigenvalue weighted by Gasteiger charge is -2.15. The number of carbonyl (C=O) groups is 1. The highest BCUT2D eigenvalue weighted by Crippen LogP contribution is 2.22. The summed E-state index contributed by atoms with van der Waals surface area (Å²) in [6, 6.07) is 4.34. The third-order valence-corrected chi connectivity index (χ3v) is 5.58. The summed E-state index contributed by atoms with van der Waals surface area (Å²) < 4.78 is 10.4. The highest BCUT2D eigenvalue weighted by atomic mass is 35.5. The topological polar surface area (TPSA) is 55.8 Å². The molecular weight excluding hydrogens is 307 g/mol. The van der Waals surface area contributed by atoms with Gasteiger partial charge in [0.2, 0.25) is 0 Å². The molecule has 0 aromatic heterocycles. The third kappa shape index (κ3) is 4.33. The highest BCUT2D eigenvalue weighted by molar-refractivity contribution is 6.76. The Morgan fingerprint density at radius 2 is 2.19 bits per heavy atom. The molecule has 0 aliphatic carbocycles. The van der Waals surface area contributed by atoms with Crippen molar-refractivity contribution >= 4 is 38.2 Å². The van der Waals surface area contributed by atoms with Gasteiger partial charge in [-0.1, -0.05) is 37.3 Å². The molecule has 0 saturated carbocycles. The number of halogens is 1. The first-order valence-electron chi connectivity index (χ1n) is 7.07. The van der Waals surface area contributed by atoms with Gasteiger partial charge in [0.05, 0.1) is 23.8 Å². The number of fused-ring (bicyclic) bond motifs is 1. The van der Waals surface area contributed by atoms with E-state index in [0.717, 1.165) is 18.0 Å². The van der Waals surface area contributed by atoms with Gasteiger partial charge in [0.1, 0.15) is 0 Å². The van der Waals surface area contributed by atoms with E-state index in [-0.39, 0.29) is 5.56 Å². The normalized spacial score (nSPS) is 14.2. The third-order valence-electron chi connectivity index (χ3n) is 3.42. The zero-order valence-electron chi connectivity index (χ0n) is 12.6. The predicted octanol–water partition coefficient (Wildman–Crippen LogP) is 2.44. The van der Waals surface area contributed by atoms with Gasteiger partial charge in [0.25, 0.3) is 0 Å². The van der Waals surface area contributed by atoms with Crippen molar-refractivity contribution in [3.8, 4) is 0 Å². The van der Waals surface area contributed by atoms with Gasteiger partial charge < -0.3 is 14.4 Å². The molecule has 114 valence electrons. The van der Waals surface area contributed by atoms with Crippen LogP contribution >= 0.6 is 11.6 Å². The van der Waals surface area contributed by atoms with Crippen molar-refractivity contribution < 1.29 is 19.2 Å². The molecule has 21 heavy (non-hydrogen) atoms. The molecular formula is C14H20BClO4Si. The maximum atomic E-state index is 12.1. The molecule has 0 bridgehead atoms. The van der Waals surface area contributed by atoms with Gasteiger partial charge in [-0.25, -0.2) is 4.79 Å². The van der Waals surface area contributed by atoms with E-state index in [4.69, 9.17) is 21.0 Å². The summed E-state index contributed by atoms with van der Waals surface area (Å²) in [6.45, 7) is 7.56. The Hall–Kier alpha value is -0.818. The first-order chi connectivity index (χ1) is 9.78. The first kappa shape index (κ1) is 16.6. The lowest BCUT2D eigenvalue weighted by molar-refractivity contribution is 0.0505. The minimum absolute atomic E-state index is 0.285. The Balaban J connectivity index is 1.98. The van der Waals surface area contributed by atoms with Gasteiger partial charge in [-0.15, -0.1) is 0 Å². The molecule has 0 fully saturated rings. The quantitative estimate of drug-likeness (QED) is 0.513. The summed E-state index contributed by atoms with van der Waals surface area (Å²) in [7, 11) is -2.10. The second-order valence-corrected chi connectivity index (χ2v) is 12.5. The number of esters is 1. The standard InChI is InChI=1S/C14H20BClO4Si/c1-21(2,3)6-4-5-19-14(17)11-8-12-10(7-13(11)16)9-20-15(12)18/h7-8,18H,4-6,9H2,1-3H3. The van der Waals surface area contributed by atoms with Crippen molar-refractivity contribution in [3.63, 3.8) is 0 Å². The monoisotopic (exact) mass is 326 g/mol. The lowest BCUT2D eigenvalue weighted by atomic mass is 9.79. The summed E-state index contributed by atoms with van der Waals surface area (Å²) in [4.78, 5) is 12.1. The molecule has 0 amide bonds. The molecule has 2 rings (SSSR count). The van der Waals surface area contributed by atoms with Crippen LogP contribution in [0.1, 0.15) is 22.3 Å². The minimum Gasteiger partial charge on any atom is -0.462 e. The number of hydrogen-bond donors (Lipinski definition) is 1. The fourth-order valence-corrected chi connectivity index (χ4v) is 3.71. The van der Waals surface area contributed by atoms with Gasteiger partial charge in [-0.05, 0) is 29.6 Å². The van der Waals surface area contributed by atoms with E-state index in [1.54, 1.807) is 12.1 Å². The summed E-state index contributed by atoms with van der Waals surface area (Å²) >= 11 is 6.10. The smallest absolute Gasteiger partial charge is 0.462 e. The molecule has 7 heteroatoms. The molecule has 0 saturated heterocycles. The summed E-state index contributed by atoms with van der Waals surface area (Å²) in [5, 5.41) is 10.0. The van der Waals surface area contributed by atoms with Crippen LogP contribution in [-0.2, 0) is 16.0 Å². The van der Waals surface area contributed by atoms with Crippen LogP contribution in [0, 0.1) is 0 Å². The molecule has 0 atom stereocenters. The average molecular weight is 327 g/mol. The second-order valence-electron chi connectivity index (χ2n) is 6.49. The molecule has 0 unspecified atom stereocenters. The Kier molecular flexibility index (Phi) is 5.14. The average Bonchev–Trinajstić information content (AvgIpc) is 2.73. The highest BCUT2D eigenvalue weighted by Gasteiger charge is 2.29. The Morgan fingerprint density at radius 3 is 2.86 bits per heavy atom. The zero-order chi connectivity index (χ0) is 15.6. The van der Waals surface area contributed by atoms with Crippen molar-refractivity contribution in [3.05, 3.63) is 28.3 Å². The van der Waals surface area contributed by atoms with E-state index in [2.05, 4.69) is 19.6 Å². The SMILES string of the molecule is C[Si](C)(C)CCCOC(=O)c1cc2c(cc1Cl)COB2O. The van der Waals surface area contributed by atoms with E-state index in [1.807, 2.05) is 0 Å². The van der Waals surface area contributed by atoms with E-state index in [0.29, 0.717) is 23.7 Å². The van der Waals surface area contributed by atoms with Crippen molar-refractivity contribution in [2.75, 3.05) is 6.61 Å². The van der Waals surface area contributed by atoms with Crippen LogP contribution in [-0.4, -0.2) is 32.8 Å². The van der Waals surface area contributed by atoms with Crippen LogP contribution in [0.5, 0.6) is 0 Å². The Labute approximate surface area is 131 Å². The van der Waals surface area contributed by atoms with Crippen LogP contribution in [0.2, 0.25) is 30.7 Å². The maximum Gasteiger partial charge on any atom is 0.491 e. The fraction of sp³-hybridized carbons (Fsp3) is 0.500. The van der Waals surface area contributed by atoms with Gasteiger partial charge in [0, 0.05) is 8.07 Å². The van der Waals surface area contributed by atoms with E-state index in [9.17, 15) is 9.82 Å². The number of rotatable bonds is 5. The summed E-state index contributed by atoms with van der Waals surface area (Å²) in [5.41, 5.74) is 1.68. The molecule has 1 aliphatic heterocycles. The van der Waals surface area contributed by atoms with Crippen LogP contribution in [0.4, 0.5) is 0 Å². The van der Waals surface area contributed by atoms with Crippen molar-refractivity contribution in [1.29, 1.82) is 0 Å². The molecule has 1 aromatic carbocycles. The van der Waals surface area contributed by atoms with E-state index in [1.165, 1.54) is 0 Å². The van der Waals surface area contributed by atoms with Gasteiger partial charge in [0.15, 0.2) is 0 Å². The number of hydrogen-bond acceptors (Lipinski definition) is 4. The zero-order valence-corrected chi connectivity index (χ0v) is 14.4. The fourth-order valence-electron chi connectivity index (χ4n) is 2.25. The van der Waals surface area contributed by atoms with Crippen LogP contribution in [0.25, 0.3) is 0 Å². The van der Waals surface area contributed by atoms with Crippen LogP contribution in [0.15, 0.2) is 12.1 Å². The van der Waals surface area contributed by atoms with Crippen molar-refractivity contribution in [2.24, 2.45) is 0 Å². The molecule has 0 spiro atoms. The molecule has 1 aromatic rings. The van der Waals surface area contributed by atoms with Crippen molar-refractivity contribution in [1.82, 2.24) is 0 Å². The molecule has 1 aliphatic rings. The van der Waals surface area contributed by atoms with Gasteiger partial charge >= 0.3 is 13.1 Å². The molecule has 0 radical (unpaired) electrons. The predicted molar refractivity (Wildman–Crippen MR) is 86.9 cm³/mol. The second kappa shape index (κ2) is 6.52. The van der Waals surface area contributed by atoms with Crippen LogP contribution in [0.3, 0.4) is 0 Å². The minimum atomic E-state index is -1.11. The van der Waals surface area contributed by atoms with E-state index < -0.39 is 21.2 Å². The van der Waals surface area contributed by atoms with Crippen molar-refractivity contribution in [2.45, 2.75) is 38.7 Å². The number of carbonyl (C=O) groups excluding carboxylic acids is 1. The van der Waals surface area contributed by atoms with Crippen LogP contribution < -0.4 is 5.46 Å². The molecule has 4 nitrogen and oxygen atoms in total. The largest absolute Gasteiger partial charge is 0.491 e. The van der Waals surface area contributed by atoms with Gasteiger partial charge in [-0.2, -0.15) is 0 Å². The Morgan fingerprint density at radius 1 is 1.48 bits per heavy atom. The number of benzene rings is 1. The van der Waals surface area contributed by atoms with Gasteiger partial charge in [-0.3, -0.25) is 0 Å². The van der Waals surface area contributed by atoms with E-state index >= 15 is 0 Å². The molecule has 1 N–H and O–H groups in total. The lowest BCUT2D eigenvalue weighted by Crippen LogP contribution is -2.29.